The van der Waals surface area contributed by atoms with Gasteiger partial charge in [0, 0.05) is 7.05 Å². The van der Waals surface area contributed by atoms with Gasteiger partial charge in [0.2, 0.25) is 11.8 Å². The standard InChI is InChI=1S/C13H28N4O2/c1-9(2)8-10(15)12(18)17-11(13(19)16-3)6-4-5-7-14/h9-11H,4-8,14-15H2,1-3H3,(H,16,19)(H,17,18)/t10-,11-/m0/s1. The van der Waals surface area contributed by atoms with E-state index in [1.165, 1.54) is 0 Å². The summed E-state index contributed by atoms with van der Waals surface area (Å²) in [5.74, 6) is -0.117. The van der Waals surface area contributed by atoms with Crippen molar-refractivity contribution in [1.82, 2.24) is 10.6 Å². The summed E-state index contributed by atoms with van der Waals surface area (Å²) in [6, 6.07) is -1.09. The molecule has 0 aliphatic heterocycles. The van der Waals surface area contributed by atoms with Crippen LogP contribution in [0.4, 0.5) is 0 Å². The van der Waals surface area contributed by atoms with Crippen LogP contribution in [0.2, 0.25) is 0 Å². The van der Waals surface area contributed by atoms with Crippen molar-refractivity contribution in [3.8, 4) is 0 Å². The van der Waals surface area contributed by atoms with Crippen LogP contribution in [-0.4, -0.2) is 37.5 Å². The fraction of sp³-hybridized carbons (Fsp3) is 0.846. The number of hydrogen-bond donors (Lipinski definition) is 4. The van der Waals surface area contributed by atoms with Gasteiger partial charge in [0.15, 0.2) is 0 Å². The molecule has 19 heavy (non-hydrogen) atoms. The van der Waals surface area contributed by atoms with Crippen molar-refractivity contribution in [3.05, 3.63) is 0 Å². The van der Waals surface area contributed by atoms with E-state index >= 15 is 0 Å². The number of carbonyl (C=O) groups is 2. The third-order valence-electron chi connectivity index (χ3n) is 2.89. The Balaban J connectivity index is 4.37. The highest BCUT2D eigenvalue weighted by molar-refractivity contribution is 5.89. The first-order chi connectivity index (χ1) is 8.92. The molecule has 6 nitrogen and oxygen atoms in total. The molecule has 6 N–H and O–H groups in total. The summed E-state index contributed by atoms with van der Waals surface area (Å²) >= 11 is 0. The van der Waals surface area contributed by atoms with Crippen LogP contribution in [0.25, 0.3) is 0 Å². The molecule has 0 aromatic carbocycles. The molecular formula is C13H28N4O2. The molecule has 0 radical (unpaired) electrons. The Bertz CT molecular complexity index is 282. The van der Waals surface area contributed by atoms with Gasteiger partial charge in [0.1, 0.15) is 6.04 Å². The minimum atomic E-state index is -0.568. The fourth-order valence-electron chi connectivity index (χ4n) is 1.83. The Morgan fingerprint density at radius 2 is 1.79 bits per heavy atom. The molecule has 0 aliphatic carbocycles. The summed E-state index contributed by atoms with van der Waals surface area (Å²) in [6.45, 7) is 4.59. The van der Waals surface area contributed by atoms with Gasteiger partial charge in [-0.15, -0.1) is 0 Å². The quantitative estimate of drug-likeness (QED) is 0.433. The highest BCUT2D eigenvalue weighted by Crippen LogP contribution is 2.05. The minimum absolute atomic E-state index is 0.192. The van der Waals surface area contributed by atoms with Crippen molar-refractivity contribution in [2.45, 2.75) is 51.6 Å². The van der Waals surface area contributed by atoms with Crippen LogP contribution in [0, 0.1) is 5.92 Å². The molecule has 2 atom stereocenters. The molecule has 0 unspecified atom stereocenters. The zero-order chi connectivity index (χ0) is 14.8. The second kappa shape index (κ2) is 9.75. The van der Waals surface area contributed by atoms with Gasteiger partial charge >= 0.3 is 0 Å². The first-order valence-electron chi connectivity index (χ1n) is 6.90. The lowest BCUT2D eigenvalue weighted by Gasteiger charge is -2.20. The third kappa shape index (κ3) is 7.79. The summed E-state index contributed by atoms with van der Waals surface area (Å²) in [6.07, 6.45) is 2.82. The molecule has 0 rings (SSSR count). The molecule has 0 saturated heterocycles. The van der Waals surface area contributed by atoms with Gasteiger partial charge in [-0.3, -0.25) is 9.59 Å². The molecule has 112 valence electrons. The second-order valence-electron chi connectivity index (χ2n) is 5.20. The van der Waals surface area contributed by atoms with Crippen LogP contribution < -0.4 is 22.1 Å². The highest BCUT2D eigenvalue weighted by atomic mass is 16.2. The Hall–Kier alpha value is -1.14. The van der Waals surface area contributed by atoms with Gasteiger partial charge in [0.05, 0.1) is 6.04 Å². The van der Waals surface area contributed by atoms with Gasteiger partial charge in [0.25, 0.3) is 0 Å². The van der Waals surface area contributed by atoms with E-state index < -0.39 is 12.1 Å². The van der Waals surface area contributed by atoms with Crippen molar-refractivity contribution < 1.29 is 9.59 Å². The topological polar surface area (TPSA) is 110 Å². The Kier molecular flexibility index (Phi) is 9.16. The molecule has 0 aromatic heterocycles. The highest BCUT2D eigenvalue weighted by Gasteiger charge is 2.22. The van der Waals surface area contributed by atoms with Gasteiger partial charge in [-0.2, -0.15) is 0 Å². The second-order valence-corrected chi connectivity index (χ2v) is 5.20. The molecule has 6 heteroatoms. The molecule has 0 fully saturated rings. The number of unbranched alkanes of at least 4 members (excludes halogenated alkanes) is 1. The first-order valence-corrected chi connectivity index (χ1v) is 6.90. The van der Waals surface area contributed by atoms with E-state index in [2.05, 4.69) is 10.6 Å². The molecule has 2 amide bonds. The monoisotopic (exact) mass is 272 g/mol. The molecule has 0 aromatic rings. The van der Waals surface area contributed by atoms with E-state index in [-0.39, 0.29) is 11.8 Å². The van der Waals surface area contributed by atoms with Gasteiger partial charge in [-0.05, 0) is 38.1 Å². The van der Waals surface area contributed by atoms with Crippen LogP contribution >= 0.6 is 0 Å². The molecule has 0 saturated carbocycles. The zero-order valence-electron chi connectivity index (χ0n) is 12.2. The molecule has 0 bridgehead atoms. The number of carbonyl (C=O) groups excluding carboxylic acids is 2. The van der Waals surface area contributed by atoms with E-state index in [9.17, 15) is 9.59 Å². The Morgan fingerprint density at radius 3 is 2.26 bits per heavy atom. The number of hydrogen-bond acceptors (Lipinski definition) is 4. The van der Waals surface area contributed by atoms with Crippen LogP contribution in [0.5, 0.6) is 0 Å². The summed E-state index contributed by atoms with van der Waals surface area (Å²) in [4.78, 5) is 23.6. The van der Waals surface area contributed by atoms with E-state index in [0.717, 1.165) is 12.8 Å². The average molecular weight is 272 g/mol. The van der Waals surface area contributed by atoms with Crippen LogP contribution in [0.15, 0.2) is 0 Å². The SMILES string of the molecule is CNC(=O)[C@H](CCCCN)NC(=O)[C@@H](N)CC(C)C. The largest absolute Gasteiger partial charge is 0.357 e. The third-order valence-corrected chi connectivity index (χ3v) is 2.89. The maximum Gasteiger partial charge on any atom is 0.242 e. The van der Waals surface area contributed by atoms with Crippen molar-refractivity contribution in [3.63, 3.8) is 0 Å². The maximum absolute atomic E-state index is 11.9. The van der Waals surface area contributed by atoms with Crippen molar-refractivity contribution in [2.75, 3.05) is 13.6 Å². The maximum atomic E-state index is 11.9. The Morgan fingerprint density at radius 1 is 1.16 bits per heavy atom. The average Bonchev–Trinajstić information content (AvgIpc) is 2.35. The first kappa shape index (κ1) is 17.9. The summed E-state index contributed by atoms with van der Waals surface area (Å²) in [5, 5.41) is 5.27. The number of rotatable bonds is 9. The van der Waals surface area contributed by atoms with Gasteiger partial charge in [-0.1, -0.05) is 13.8 Å². The normalized spacial score (nSPS) is 14.0. The fourth-order valence-corrected chi connectivity index (χ4v) is 1.83. The summed E-state index contributed by atoms with van der Waals surface area (Å²) in [7, 11) is 1.55. The van der Waals surface area contributed by atoms with E-state index in [0.29, 0.717) is 25.3 Å². The van der Waals surface area contributed by atoms with Gasteiger partial charge < -0.3 is 22.1 Å². The molecular weight excluding hydrogens is 244 g/mol. The number of nitrogens with two attached hydrogens (primary N) is 2. The molecule has 0 aliphatic rings. The lowest BCUT2D eigenvalue weighted by Crippen LogP contribution is -2.51. The summed E-state index contributed by atoms with van der Waals surface area (Å²) in [5.41, 5.74) is 11.2. The van der Waals surface area contributed by atoms with E-state index in [1.54, 1.807) is 7.05 Å². The Labute approximate surface area is 115 Å². The number of amides is 2. The van der Waals surface area contributed by atoms with Crippen molar-refractivity contribution in [2.24, 2.45) is 17.4 Å². The van der Waals surface area contributed by atoms with Crippen LogP contribution in [0.1, 0.15) is 39.5 Å². The molecule has 0 spiro atoms. The van der Waals surface area contributed by atoms with E-state index in [1.807, 2.05) is 13.8 Å². The van der Waals surface area contributed by atoms with E-state index in [4.69, 9.17) is 11.5 Å². The lowest BCUT2D eigenvalue weighted by atomic mass is 10.0. The number of likely N-dealkylation sites (N-methyl/N-ethyl adjacent to an activating group) is 1. The predicted octanol–water partition coefficient (Wildman–Crippen LogP) is -0.280. The van der Waals surface area contributed by atoms with Crippen molar-refractivity contribution in [1.29, 1.82) is 0 Å². The summed E-state index contributed by atoms with van der Waals surface area (Å²) < 4.78 is 0. The zero-order valence-corrected chi connectivity index (χ0v) is 12.2. The smallest absolute Gasteiger partial charge is 0.242 e. The molecule has 0 heterocycles. The van der Waals surface area contributed by atoms with Crippen LogP contribution in [0.3, 0.4) is 0 Å². The minimum Gasteiger partial charge on any atom is -0.357 e. The number of nitrogens with one attached hydrogen (secondary N) is 2. The van der Waals surface area contributed by atoms with Gasteiger partial charge in [-0.25, -0.2) is 0 Å². The van der Waals surface area contributed by atoms with Crippen molar-refractivity contribution >= 4 is 11.8 Å². The van der Waals surface area contributed by atoms with Crippen LogP contribution in [-0.2, 0) is 9.59 Å². The predicted molar refractivity (Wildman–Crippen MR) is 76.3 cm³/mol. The lowest BCUT2D eigenvalue weighted by molar-refractivity contribution is -0.129.